The first kappa shape index (κ1) is 34.3. The number of hydrogen-bond donors (Lipinski definition) is 0. The van der Waals surface area contributed by atoms with Crippen LogP contribution in [0.1, 0.15) is 25.0 Å². The van der Waals surface area contributed by atoms with Gasteiger partial charge < -0.3 is 4.57 Å². The number of nitrogens with zero attached hydrogens (tertiary/aromatic N) is 4. The number of rotatable bonds is 3. The smallest absolute Gasteiger partial charge is 0.235 e. The normalized spacial score (nSPS) is 13.7. The molecule has 1 aliphatic heterocycles. The van der Waals surface area contributed by atoms with Gasteiger partial charge in [-0.2, -0.15) is 0 Å². The van der Waals surface area contributed by atoms with Crippen LogP contribution in [0.25, 0.3) is 110 Å². The summed E-state index contributed by atoms with van der Waals surface area (Å²) in [5.74, 6) is 0.684. The van der Waals surface area contributed by atoms with Crippen molar-refractivity contribution < 1.29 is 0 Å². The molecule has 290 valence electrons. The molecule has 9 aromatic carbocycles. The van der Waals surface area contributed by atoms with Crippen molar-refractivity contribution in [2.75, 3.05) is 0 Å². The third-order valence-electron chi connectivity index (χ3n) is 13.7. The van der Waals surface area contributed by atoms with Gasteiger partial charge in [0.1, 0.15) is 0 Å². The van der Waals surface area contributed by atoms with Crippen LogP contribution in [-0.2, 0) is 5.41 Å². The molecule has 0 radical (unpaired) electrons. The first-order chi connectivity index (χ1) is 30.5. The zero-order valence-electron chi connectivity index (χ0n) is 34.0. The Balaban J connectivity index is 0.972. The summed E-state index contributed by atoms with van der Waals surface area (Å²) in [6.45, 7) is 4.69. The Kier molecular flexibility index (Phi) is 6.80. The Morgan fingerprint density at radius 3 is 2.00 bits per heavy atom. The molecule has 0 fully saturated rings. The third kappa shape index (κ3) is 4.58. The topological polar surface area (TPSA) is 35.6 Å². The van der Waals surface area contributed by atoms with Gasteiger partial charge in [-0.1, -0.05) is 147 Å². The Hall–Kier alpha value is -7.47. The van der Waals surface area contributed by atoms with Gasteiger partial charge in [0.05, 0.1) is 33.3 Å². The lowest BCUT2D eigenvalue weighted by Gasteiger charge is -2.21. The van der Waals surface area contributed by atoms with Crippen LogP contribution in [-0.4, -0.2) is 19.1 Å². The van der Waals surface area contributed by atoms with Gasteiger partial charge in [0.15, 0.2) is 0 Å². The summed E-state index contributed by atoms with van der Waals surface area (Å²) in [6.07, 6.45) is 0. The van der Waals surface area contributed by atoms with Gasteiger partial charge in [0.2, 0.25) is 5.95 Å². The molecule has 4 heterocycles. The van der Waals surface area contributed by atoms with Gasteiger partial charge in [0, 0.05) is 58.8 Å². The lowest BCUT2D eigenvalue weighted by atomic mass is 9.82. The van der Waals surface area contributed by atoms with Crippen molar-refractivity contribution in [1.82, 2.24) is 19.1 Å². The molecule has 0 N–H and O–H groups in total. The van der Waals surface area contributed by atoms with E-state index in [-0.39, 0.29) is 5.41 Å². The van der Waals surface area contributed by atoms with Crippen molar-refractivity contribution in [2.24, 2.45) is 0 Å². The van der Waals surface area contributed by atoms with Gasteiger partial charge >= 0.3 is 0 Å². The van der Waals surface area contributed by atoms with E-state index in [2.05, 4.69) is 205 Å². The van der Waals surface area contributed by atoms with Crippen LogP contribution in [0.2, 0.25) is 0 Å². The van der Waals surface area contributed by atoms with Crippen molar-refractivity contribution in [2.45, 2.75) is 29.1 Å². The Labute approximate surface area is 361 Å². The predicted molar refractivity (Wildman–Crippen MR) is 258 cm³/mol. The summed E-state index contributed by atoms with van der Waals surface area (Å²) in [5, 5.41) is 8.33. The standard InChI is InChI=1S/C57H36N4S/c1-57(2)45-17-8-5-14-38(45)42-32-36(25-27-46(42)57)60-48-19-9-6-15-39(48)43-30-34(23-28-49(43)60)35-24-29-50-44(31-35)40-26-22-33-12-3-4-13-37(33)55(40)61(50)56-58-47-18-11-21-52-53(47)54(59-56)41-16-7-10-20-51(41)62-52/h3-32H,1-2H3. The lowest BCUT2D eigenvalue weighted by molar-refractivity contribution is 0.660. The van der Waals surface area contributed by atoms with E-state index in [4.69, 9.17) is 9.97 Å². The molecule has 14 rings (SSSR count). The number of fused-ring (bicyclic) bond motifs is 13. The summed E-state index contributed by atoms with van der Waals surface area (Å²) in [5.41, 5.74) is 16.6. The van der Waals surface area contributed by atoms with Crippen LogP contribution in [0.5, 0.6) is 0 Å². The molecule has 62 heavy (non-hydrogen) atoms. The van der Waals surface area contributed by atoms with Crippen molar-refractivity contribution >= 4 is 77.0 Å². The van der Waals surface area contributed by atoms with Crippen LogP contribution in [0.3, 0.4) is 0 Å². The molecule has 1 aliphatic carbocycles. The quantitative estimate of drug-likeness (QED) is 0.178. The van der Waals surface area contributed by atoms with E-state index in [0.29, 0.717) is 5.95 Å². The van der Waals surface area contributed by atoms with Crippen LogP contribution in [0.15, 0.2) is 192 Å². The second kappa shape index (κ2) is 12.3. The fourth-order valence-electron chi connectivity index (χ4n) is 10.8. The van der Waals surface area contributed by atoms with Gasteiger partial charge in [-0.25, -0.2) is 9.97 Å². The minimum Gasteiger partial charge on any atom is -0.309 e. The maximum absolute atomic E-state index is 5.47. The molecule has 4 nitrogen and oxygen atoms in total. The monoisotopic (exact) mass is 808 g/mol. The van der Waals surface area contributed by atoms with Crippen LogP contribution in [0.4, 0.5) is 0 Å². The van der Waals surface area contributed by atoms with Gasteiger partial charge in [0.25, 0.3) is 0 Å². The van der Waals surface area contributed by atoms with Gasteiger partial charge in [-0.15, -0.1) is 0 Å². The molecular weight excluding hydrogens is 773 g/mol. The molecule has 0 spiro atoms. The Morgan fingerprint density at radius 1 is 0.452 bits per heavy atom. The molecule has 0 saturated heterocycles. The molecule has 2 aliphatic rings. The molecule has 0 amide bonds. The van der Waals surface area contributed by atoms with Crippen LogP contribution >= 0.6 is 11.8 Å². The highest BCUT2D eigenvalue weighted by molar-refractivity contribution is 7.99. The second-order valence-electron chi connectivity index (χ2n) is 17.4. The lowest BCUT2D eigenvalue weighted by Crippen LogP contribution is -2.14. The van der Waals surface area contributed by atoms with E-state index in [0.717, 1.165) is 33.2 Å². The maximum Gasteiger partial charge on any atom is 0.235 e. The summed E-state index contributed by atoms with van der Waals surface area (Å²) >= 11 is 1.80. The molecule has 0 saturated carbocycles. The van der Waals surface area contributed by atoms with E-state index in [1.165, 1.54) is 92.2 Å². The average molecular weight is 809 g/mol. The Morgan fingerprint density at radius 2 is 1.13 bits per heavy atom. The zero-order chi connectivity index (χ0) is 40.8. The van der Waals surface area contributed by atoms with E-state index >= 15 is 0 Å². The number of benzene rings is 9. The molecule has 0 atom stereocenters. The highest BCUT2D eigenvalue weighted by atomic mass is 32.2. The van der Waals surface area contributed by atoms with E-state index in [1.807, 2.05) is 0 Å². The molecule has 0 unspecified atom stereocenters. The molecule has 5 heteroatoms. The number of aromatic nitrogens is 4. The fraction of sp³-hybridized carbons (Fsp3) is 0.0526. The first-order valence-electron chi connectivity index (χ1n) is 21.3. The van der Waals surface area contributed by atoms with Crippen LogP contribution < -0.4 is 0 Å². The highest BCUT2D eigenvalue weighted by Gasteiger charge is 2.35. The second-order valence-corrected chi connectivity index (χ2v) is 18.4. The fourth-order valence-corrected chi connectivity index (χ4v) is 11.9. The molecule has 12 aromatic rings. The van der Waals surface area contributed by atoms with Crippen molar-refractivity contribution in [1.29, 1.82) is 0 Å². The van der Waals surface area contributed by atoms with E-state index in [1.54, 1.807) is 11.8 Å². The summed E-state index contributed by atoms with van der Waals surface area (Å²) in [6, 6.07) is 67.0. The van der Waals surface area contributed by atoms with Gasteiger partial charge in [-0.05, 0) is 99.4 Å². The van der Waals surface area contributed by atoms with Crippen molar-refractivity contribution in [3.63, 3.8) is 0 Å². The van der Waals surface area contributed by atoms with Crippen LogP contribution in [0, 0.1) is 0 Å². The zero-order valence-corrected chi connectivity index (χ0v) is 34.8. The largest absolute Gasteiger partial charge is 0.309 e. The minimum absolute atomic E-state index is 0.0331. The van der Waals surface area contributed by atoms with Crippen molar-refractivity contribution in [3.8, 4) is 45.1 Å². The summed E-state index contributed by atoms with van der Waals surface area (Å²) in [7, 11) is 0. The predicted octanol–water partition coefficient (Wildman–Crippen LogP) is 15.1. The van der Waals surface area contributed by atoms with E-state index in [9.17, 15) is 0 Å². The maximum atomic E-state index is 5.47. The molecule has 3 aromatic heterocycles. The number of hydrogen-bond acceptors (Lipinski definition) is 3. The first-order valence-corrected chi connectivity index (χ1v) is 22.1. The number of para-hydroxylation sites is 1. The molecule has 0 bridgehead atoms. The molecular formula is C57H36N4S. The van der Waals surface area contributed by atoms with Gasteiger partial charge in [-0.3, -0.25) is 4.57 Å². The highest BCUT2D eigenvalue weighted by Crippen LogP contribution is 2.50. The van der Waals surface area contributed by atoms with E-state index < -0.39 is 0 Å². The summed E-state index contributed by atoms with van der Waals surface area (Å²) in [4.78, 5) is 13.2. The third-order valence-corrected chi connectivity index (χ3v) is 14.9. The average Bonchev–Trinajstić information content (AvgIpc) is 3.91. The minimum atomic E-state index is -0.0331. The van der Waals surface area contributed by atoms with Crippen molar-refractivity contribution in [3.05, 3.63) is 193 Å². The Bertz CT molecular complexity index is 3940. The summed E-state index contributed by atoms with van der Waals surface area (Å²) < 4.78 is 4.75. The SMILES string of the molecule is CC1(C)c2ccccc2-c2cc(-n3c4ccccc4c4cc(-c5ccc6c(c5)c5ccc7ccccc7c5n6-c5nc6c7c(cccc7n5)Sc5ccccc5-6)ccc43)ccc21.